The van der Waals surface area contributed by atoms with E-state index in [1.807, 2.05) is 38.1 Å². The van der Waals surface area contributed by atoms with Crippen LogP contribution in [0.1, 0.15) is 36.5 Å². The first-order valence-corrected chi connectivity index (χ1v) is 12.8. The van der Waals surface area contributed by atoms with Gasteiger partial charge in [0.25, 0.3) is 0 Å². The molecular formula is C22H28N6O3S2. The number of hydrogen-bond donors (Lipinski definition) is 1. The molecule has 0 saturated carbocycles. The lowest BCUT2D eigenvalue weighted by molar-refractivity contribution is -0.113. The van der Waals surface area contributed by atoms with E-state index in [-0.39, 0.29) is 16.6 Å². The minimum Gasteiger partial charge on any atom is -0.325 e. The molecule has 0 bridgehead atoms. The van der Waals surface area contributed by atoms with Crippen molar-refractivity contribution in [2.75, 3.05) is 25.2 Å². The molecule has 0 fully saturated rings. The molecule has 0 saturated heterocycles. The van der Waals surface area contributed by atoms with E-state index in [1.165, 1.54) is 37.5 Å². The second-order valence-electron chi connectivity index (χ2n) is 8.16. The molecule has 3 rings (SSSR count). The van der Waals surface area contributed by atoms with Gasteiger partial charge in [-0.3, -0.25) is 4.79 Å². The van der Waals surface area contributed by atoms with Crippen LogP contribution in [-0.2, 0) is 14.8 Å². The number of nitrogens with zero attached hydrogens (tertiary/aromatic N) is 5. The Morgan fingerprint density at radius 2 is 1.82 bits per heavy atom. The van der Waals surface area contributed by atoms with Crippen LogP contribution in [0.25, 0.3) is 5.69 Å². The van der Waals surface area contributed by atoms with Gasteiger partial charge in [0.05, 0.1) is 16.3 Å². The number of aryl methyl sites for hydroxylation is 1. The number of amides is 1. The topological polar surface area (TPSA) is 110 Å². The Hall–Kier alpha value is -2.76. The van der Waals surface area contributed by atoms with Crippen LogP contribution < -0.4 is 5.32 Å². The highest BCUT2D eigenvalue weighted by molar-refractivity contribution is 7.99. The van der Waals surface area contributed by atoms with Gasteiger partial charge in [0.15, 0.2) is 0 Å². The van der Waals surface area contributed by atoms with Gasteiger partial charge in [0.2, 0.25) is 21.1 Å². The molecule has 0 atom stereocenters. The predicted molar refractivity (Wildman–Crippen MR) is 129 cm³/mol. The van der Waals surface area contributed by atoms with Crippen molar-refractivity contribution < 1.29 is 13.2 Å². The number of nitrogens with one attached hydrogen (secondary N) is 1. The number of benzene rings is 2. The summed E-state index contributed by atoms with van der Waals surface area (Å²) in [4.78, 5) is 12.8. The molecule has 0 aliphatic rings. The van der Waals surface area contributed by atoms with Crippen LogP contribution in [0, 0.1) is 13.8 Å². The van der Waals surface area contributed by atoms with Crippen LogP contribution in [0.5, 0.6) is 0 Å². The lowest BCUT2D eigenvalue weighted by Crippen LogP contribution is -2.23. The summed E-state index contributed by atoms with van der Waals surface area (Å²) in [6.07, 6.45) is 0. The molecule has 11 heteroatoms. The molecule has 0 aliphatic carbocycles. The third kappa shape index (κ3) is 5.60. The smallest absolute Gasteiger partial charge is 0.242 e. The van der Waals surface area contributed by atoms with E-state index < -0.39 is 10.0 Å². The maximum atomic E-state index is 12.7. The van der Waals surface area contributed by atoms with Gasteiger partial charge in [-0.2, -0.15) is 4.68 Å². The number of sulfonamides is 1. The largest absolute Gasteiger partial charge is 0.325 e. The van der Waals surface area contributed by atoms with Gasteiger partial charge in [-0.25, -0.2) is 12.7 Å². The first kappa shape index (κ1) is 24.9. The lowest BCUT2D eigenvalue weighted by Gasteiger charge is -2.16. The summed E-state index contributed by atoms with van der Waals surface area (Å²) >= 11 is 1.20. The quantitative estimate of drug-likeness (QED) is 0.484. The van der Waals surface area contributed by atoms with E-state index in [4.69, 9.17) is 0 Å². The molecule has 1 aromatic heterocycles. The molecule has 9 nitrogen and oxygen atoms in total. The zero-order valence-corrected chi connectivity index (χ0v) is 21.2. The number of rotatable bonds is 8. The van der Waals surface area contributed by atoms with Crippen LogP contribution >= 0.6 is 11.8 Å². The highest BCUT2D eigenvalue weighted by Gasteiger charge is 2.20. The monoisotopic (exact) mass is 488 g/mol. The predicted octanol–water partition coefficient (Wildman–Crippen LogP) is 3.38. The maximum Gasteiger partial charge on any atom is 0.242 e. The Kier molecular flexibility index (Phi) is 7.55. The fourth-order valence-electron chi connectivity index (χ4n) is 3.06. The fraction of sp³-hybridized carbons (Fsp3) is 0.364. The van der Waals surface area contributed by atoms with Crippen molar-refractivity contribution in [1.82, 2.24) is 24.5 Å². The first-order chi connectivity index (χ1) is 15.5. The van der Waals surface area contributed by atoms with Gasteiger partial charge < -0.3 is 5.32 Å². The van der Waals surface area contributed by atoms with E-state index in [0.717, 1.165) is 21.1 Å². The average molecular weight is 489 g/mol. The maximum absolute atomic E-state index is 12.7. The Morgan fingerprint density at radius 3 is 2.42 bits per heavy atom. The van der Waals surface area contributed by atoms with Crippen molar-refractivity contribution in [2.45, 2.75) is 43.7 Å². The standard InChI is InChI=1S/C22H28N6O3S2/c1-14(2)17-7-9-18(10-8-17)28-22(24-25-26-28)32-13-21(29)23-20-12-19(11-15(3)16(20)4)33(30,31)27(5)6/h7-12,14H,13H2,1-6H3,(H,23,29). The van der Waals surface area contributed by atoms with Crippen molar-refractivity contribution in [3.8, 4) is 5.69 Å². The molecule has 0 spiro atoms. The molecule has 1 amide bonds. The summed E-state index contributed by atoms with van der Waals surface area (Å²) in [5, 5.41) is 15.1. The first-order valence-electron chi connectivity index (χ1n) is 10.4. The summed E-state index contributed by atoms with van der Waals surface area (Å²) in [7, 11) is -0.676. The van der Waals surface area contributed by atoms with Crippen molar-refractivity contribution in [2.24, 2.45) is 0 Å². The molecule has 0 unspecified atom stereocenters. The van der Waals surface area contributed by atoms with Crippen LogP contribution in [0.4, 0.5) is 5.69 Å². The minimum absolute atomic E-state index is 0.0631. The van der Waals surface area contributed by atoms with Crippen LogP contribution in [0.3, 0.4) is 0 Å². The van der Waals surface area contributed by atoms with Gasteiger partial charge in [0, 0.05) is 19.8 Å². The molecule has 3 aromatic rings. The Balaban J connectivity index is 1.74. The number of thioether (sulfide) groups is 1. The molecule has 33 heavy (non-hydrogen) atoms. The fourth-order valence-corrected chi connectivity index (χ4v) is 4.77. The Morgan fingerprint density at radius 1 is 1.15 bits per heavy atom. The lowest BCUT2D eigenvalue weighted by atomic mass is 10.0. The van der Waals surface area contributed by atoms with Gasteiger partial charge in [0.1, 0.15) is 0 Å². The summed E-state index contributed by atoms with van der Waals surface area (Å²) in [6.45, 7) is 7.90. The average Bonchev–Trinajstić information content (AvgIpc) is 3.23. The van der Waals surface area contributed by atoms with Crippen LogP contribution in [0.2, 0.25) is 0 Å². The molecule has 0 radical (unpaired) electrons. The molecular weight excluding hydrogens is 460 g/mol. The zero-order chi connectivity index (χ0) is 24.3. The van der Waals surface area contributed by atoms with Gasteiger partial charge in [-0.1, -0.05) is 37.7 Å². The normalized spacial score (nSPS) is 11.9. The number of aromatic nitrogens is 4. The summed E-state index contributed by atoms with van der Waals surface area (Å²) in [5.74, 6) is 0.198. The van der Waals surface area contributed by atoms with Crippen molar-refractivity contribution in [1.29, 1.82) is 0 Å². The SMILES string of the molecule is Cc1cc(S(=O)(=O)N(C)C)cc(NC(=O)CSc2nnnn2-c2ccc(C(C)C)cc2)c1C. The number of carbonyl (C=O) groups is 1. The number of hydrogen-bond acceptors (Lipinski definition) is 7. The zero-order valence-electron chi connectivity index (χ0n) is 19.5. The van der Waals surface area contributed by atoms with Crippen molar-refractivity contribution in [3.05, 3.63) is 53.1 Å². The highest BCUT2D eigenvalue weighted by Crippen LogP contribution is 2.26. The van der Waals surface area contributed by atoms with Crippen LogP contribution in [0.15, 0.2) is 46.5 Å². The Labute approximate surface area is 198 Å². The molecule has 0 aliphatic heterocycles. The summed E-state index contributed by atoms with van der Waals surface area (Å²) < 4.78 is 27.8. The second-order valence-corrected chi connectivity index (χ2v) is 11.3. The third-order valence-corrected chi connectivity index (χ3v) is 7.98. The molecule has 176 valence electrons. The summed E-state index contributed by atoms with van der Waals surface area (Å²) in [6, 6.07) is 11.0. The van der Waals surface area contributed by atoms with Gasteiger partial charge in [-0.05, 0) is 71.1 Å². The van der Waals surface area contributed by atoms with E-state index in [1.54, 1.807) is 10.7 Å². The highest BCUT2D eigenvalue weighted by atomic mass is 32.2. The van der Waals surface area contributed by atoms with E-state index in [2.05, 4.69) is 34.7 Å². The number of tetrazole rings is 1. The van der Waals surface area contributed by atoms with Crippen LogP contribution in [-0.4, -0.2) is 58.7 Å². The molecule has 1 heterocycles. The van der Waals surface area contributed by atoms with Crippen molar-refractivity contribution >= 4 is 33.4 Å². The molecule has 1 N–H and O–H groups in total. The van der Waals surface area contributed by atoms with Gasteiger partial charge >= 0.3 is 0 Å². The number of carbonyl (C=O) groups excluding carboxylic acids is 1. The minimum atomic E-state index is -3.62. The van der Waals surface area contributed by atoms with Gasteiger partial charge in [-0.15, -0.1) is 5.10 Å². The van der Waals surface area contributed by atoms with Crippen molar-refractivity contribution in [3.63, 3.8) is 0 Å². The van der Waals surface area contributed by atoms with E-state index >= 15 is 0 Å². The number of anilines is 1. The van der Waals surface area contributed by atoms with E-state index in [9.17, 15) is 13.2 Å². The van der Waals surface area contributed by atoms with E-state index in [0.29, 0.717) is 16.8 Å². The summed E-state index contributed by atoms with van der Waals surface area (Å²) in [5.41, 5.74) is 4.06. The Bertz CT molecular complexity index is 1250. The third-order valence-electron chi connectivity index (χ3n) is 5.27. The molecule has 2 aromatic carbocycles. The second kappa shape index (κ2) is 10.0.